The molecule has 21 heavy (non-hydrogen) atoms. The molecule has 6 nitrogen and oxygen atoms in total. The Bertz CT molecular complexity index is 470. The number of carbonyl (C=O) groups excluding carboxylic acids is 1. The van der Waals surface area contributed by atoms with Crippen molar-refractivity contribution in [3.05, 3.63) is 35.9 Å². The Balaban J connectivity index is 1.79. The quantitative estimate of drug-likeness (QED) is 0.835. The predicted molar refractivity (Wildman–Crippen MR) is 74.7 cm³/mol. The molecule has 0 bridgehead atoms. The average Bonchev–Trinajstić information content (AvgIpc) is 2.98. The summed E-state index contributed by atoms with van der Waals surface area (Å²) in [6, 6.07) is 8.27. The maximum absolute atomic E-state index is 11.7. The monoisotopic (exact) mass is 293 g/mol. The van der Waals surface area contributed by atoms with E-state index >= 15 is 0 Å². The van der Waals surface area contributed by atoms with Crippen molar-refractivity contribution in [2.75, 3.05) is 13.2 Å². The van der Waals surface area contributed by atoms with Gasteiger partial charge in [-0.05, 0) is 24.3 Å². The number of rotatable bonds is 6. The lowest BCUT2D eigenvalue weighted by atomic mass is 9.99. The minimum absolute atomic E-state index is 0.117. The highest BCUT2D eigenvalue weighted by Gasteiger charge is 2.27. The maximum atomic E-state index is 11.7. The number of carboxylic acid groups (broad SMARTS) is 1. The Morgan fingerprint density at radius 1 is 1.38 bits per heavy atom. The van der Waals surface area contributed by atoms with Crippen molar-refractivity contribution >= 4 is 12.1 Å². The standard InChI is InChI=1S/C15H19NO5/c17-14(18)13(8-12-6-7-20-9-12)16-15(19)21-10-11-4-2-1-3-5-11/h1-5,12-13H,6-10H2,(H,16,19)(H,17,18)/t12?,13-/m1/s1. The van der Waals surface area contributed by atoms with Gasteiger partial charge in [-0.2, -0.15) is 0 Å². The van der Waals surface area contributed by atoms with Gasteiger partial charge in [0, 0.05) is 13.2 Å². The predicted octanol–water partition coefficient (Wildman–Crippen LogP) is 1.79. The van der Waals surface area contributed by atoms with Gasteiger partial charge in [0.25, 0.3) is 0 Å². The Labute approximate surface area is 123 Å². The third-order valence-electron chi connectivity index (χ3n) is 3.40. The SMILES string of the molecule is O=C(N[C@H](CC1CCOC1)C(=O)O)OCc1ccccc1. The second-order valence-electron chi connectivity index (χ2n) is 5.06. The summed E-state index contributed by atoms with van der Waals surface area (Å²) < 4.78 is 10.2. The van der Waals surface area contributed by atoms with Crippen LogP contribution in [0.3, 0.4) is 0 Å². The Morgan fingerprint density at radius 3 is 2.76 bits per heavy atom. The van der Waals surface area contributed by atoms with E-state index in [1.165, 1.54) is 0 Å². The molecule has 114 valence electrons. The highest BCUT2D eigenvalue weighted by atomic mass is 16.5. The van der Waals surface area contributed by atoms with Crippen LogP contribution in [-0.4, -0.2) is 36.4 Å². The first-order valence-electron chi connectivity index (χ1n) is 6.93. The summed E-state index contributed by atoms with van der Waals surface area (Å²) in [5, 5.41) is 11.6. The summed E-state index contributed by atoms with van der Waals surface area (Å²) in [6.07, 6.45) is 0.463. The largest absolute Gasteiger partial charge is 0.480 e. The van der Waals surface area contributed by atoms with Crippen molar-refractivity contribution in [3.8, 4) is 0 Å². The van der Waals surface area contributed by atoms with Crippen molar-refractivity contribution in [3.63, 3.8) is 0 Å². The number of hydrogen-bond acceptors (Lipinski definition) is 4. The molecule has 0 spiro atoms. The van der Waals surface area contributed by atoms with E-state index in [0.29, 0.717) is 19.6 Å². The number of carbonyl (C=O) groups is 2. The van der Waals surface area contributed by atoms with Crippen LogP contribution in [0.25, 0.3) is 0 Å². The maximum Gasteiger partial charge on any atom is 0.408 e. The third-order valence-corrected chi connectivity index (χ3v) is 3.40. The highest BCUT2D eigenvalue weighted by molar-refractivity contribution is 5.79. The van der Waals surface area contributed by atoms with E-state index < -0.39 is 18.1 Å². The van der Waals surface area contributed by atoms with Crippen molar-refractivity contribution in [1.82, 2.24) is 5.32 Å². The van der Waals surface area contributed by atoms with Crippen LogP contribution in [0.2, 0.25) is 0 Å². The van der Waals surface area contributed by atoms with Crippen molar-refractivity contribution in [2.45, 2.75) is 25.5 Å². The van der Waals surface area contributed by atoms with Crippen molar-refractivity contribution in [2.24, 2.45) is 5.92 Å². The van der Waals surface area contributed by atoms with Crippen molar-refractivity contribution in [1.29, 1.82) is 0 Å². The average molecular weight is 293 g/mol. The van der Waals surface area contributed by atoms with E-state index in [2.05, 4.69) is 5.32 Å². The molecule has 1 aliphatic rings. The molecule has 1 saturated heterocycles. The second-order valence-corrected chi connectivity index (χ2v) is 5.06. The first kappa shape index (κ1) is 15.3. The second kappa shape index (κ2) is 7.64. The molecule has 1 aromatic rings. The van der Waals surface area contributed by atoms with Gasteiger partial charge in [-0.1, -0.05) is 30.3 Å². The topological polar surface area (TPSA) is 84.9 Å². The number of aliphatic carboxylic acids is 1. The number of carboxylic acids is 1. The van der Waals surface area contributed by atoms with Crippen molar-refractivity contribution < 1.29 is 24.2 Å². The van der Waals surface area contributed by atoms with E-state index in [4.69, 9.17) is 14.6 Å². The fourth-order valence-electron chi connectivity index (χ4n) is 2.23. The number of amides is 1. The molecule has 1 fully saturated rings. The lowest BCUT2D eigenvalue weighted by Gasteiger charge is -2.17. The van der Waals surface area contributed by atoms with Crippen LogP contribution in [0.5, 0.6) is 0 Å². The molecule has 0 radical (unpaired) electrons. The zero-order valence-electron chi connectivity index (χ0n) is 11.7. The molecule has 1 aliphatic heterocycles. The molecule has 2 rings (SSSR count). The van der Waals surface area contributed by atoms with Gasteiger partial charge in [0.15, 0.2) is 0 Å². The summed E-state index contributed by atoms with van der Waals surface area (Å²) in [7, 11) is 0. The zero-order chi connectivity index (χ0) is 15.1. The lowest BCUT2D eigenvalue weighted by Crippen LogP contribution is -2.42. The molecular weight excluding hydrogens is 274 g/mol. The van der Waals surface area contributed by atoms with Gasteiger partial charge in [0.1, 0.15) is 12.6 Å². The van der Waals surface area contributed by atoms with Gasteiger partial charge in [0.2, 0.25) is 0 Å². The number of hydrogen-bond donors (Lipinski definition) is 2. The van der Waals surface area contributed by atoms with Gasteiger partial charge >= 0.3 is 12.1 Å². The first-order valence-corrected chi connectivity index (χ1v) is 6.93. The summed E-state index contributed by atoms with van der Waals surface area (Å²) in [4.78, 5) is 22.9. The summed E-state index contributed by atoms with van der Waals surface area (Å²) in [5.41, 5.74) is 0.851. The first-order chi connectivity index (χ1) is 10.1. The molecule has 1 aromatic carbocycles. The van der Waals surface area contributed by atoms with Gasteiger partial charge < -0.3 is 19.9 Å². The van der Waals surface area contributed by atoms with E-state index in [9.17, 15) is 9.59 Å². The highest BCUT2D eigenvalue weighted by Crippen LogP contribution is 2.18. The molecule has 6 heteroatoms. The number of benzene rings is 1. The Morgan fingerprint density at radius 2 is 2.14 bits per heavy atom. The number of nitrogens with one attached hydrogen (secondary N) is 1. The third kappa shape index (κ3) is 5.07. The number of alkyl carbamates (subject to hydrolysis) is 1. The summed E-state index contributed by atoms with van der Waals surface area (Å²) in [6.45, 7) is 1.31. The van der Waals surface area contributed by atoms with E-state index in [1.54, 1.807) is 0 Å². The minimum Gasteiger partial charge on any atom is -0.480 e. The van der Waals surface area contributed by atoms with Crippen LogP contribution in [0.1, 0.15) is 18.4 Å². The van der Waals surface area contributed by atoms with Crippen LogP contribution in [-0.2, 0) is 20.9 Å². The van der Waals surface area contributed by atoms with Crippen LogP contribution >= 0.6 is 0 Å². The fourth-order valence-corrected chi connectivity index (χ4v) is 2.23. The smallest absolute Gasteiger partial charge is 0.408 e. The van der Waals surface area contributed by atoms with Gasteiger partial charge in [0.05, 0.1) is 0 Å². The molecule has 1 amide bonds. The Hall–Kier alpha value is -2.08. The van der Waals surface area contributed by atoms with E-state index in [0.717, 1.165) is 12.0 Å². The van der Waals surface area contributed by atoms with Crippen LogP contribution in [0.15, 0.2) is 30.3 Å². The molecule has 2 N–H and O–H groups in total. The summed E-state index contributed by atoms with van der Waals surface area (Å²) >= 11 is 0. The van der Waals surface area contributed by atoms with E-state index in [1.807, 2.05) is 30.3 Å². The normalized spacial score (nSPS) is 19.0. The van der Waals surface area contributed by atoms with E-state index in [-0.39, 0.29) is 12.5 Å². The van der Waals surface area contributed by atoms with Crippen LogP contribution in [0.4, 0.5) is 4.79 Å². The summed E-state index contributed by atoms with van der Waals surface area (Å²) in [5.74, 6) is -0.890. The van der Waals surface area contributed by atoms with Crippen LogP contribution in [0, 0.1) is 5.92 Å². The van der Waals surface area contributed by atoms with Gasteiger partial charge in [-0.25, -0.2) is 9.59 Å². The molecular formula is C15H19NO5. The molecule has 0 aromatic heterocycles. The fraction of sp³-hybridized carbons (Fsp3) is 0.467. The molecule has 2 atom stereocenters. The lowest BCUT2D eigenvalue weighted by molar-refractivity contribution is -0.139. The van der Waals surface area contributed by atoms with Crippen LogP contribution < -0.4 is 5.32 Å². The molecule has 1 unspecified atom stereocenters. The Kier molecular flexibility index (Phi) is 5.57. The zero-order valence-corrected chi connectivity index (χ0v) is 11.7. The van der Waals surface area contributed by atoms with Gasteiger partial charge in [-0.15, -0.1) is 0 Å². The van der Waals surface area contributed by atoms with Gasteiger partial charge in [-0.3, -0.25) is 0 Å². The molecule has 0 saturated carbocycles. The number of ether oxygens (including phenoxy) is 2. The molecule has 0 aliphatic carbocycles. The molecule has 1 heterocycles. The minimum atomic E-state index is -1.06.